The van der Waals surface area contributed by atoms with Crippen LogP contribution < -0.4 is 10.6 Å². The van der Waals surface area contributed by atoms with Gasteiger partial charge in [-0.05, 0) is 56.6 Å². The lowest BCUT2D eigenvalue weighted by Gasteiger charge is -2.41. The van der Waals surface area contributed by atoms with Crippen LogP contribution in [-0.2, 0) is 9.53 Å². The molecule has 210 valence electrons. The van der Waals surface area contributed by atoms with E-state index in [0.29, 0.717) is 61.5 Å². The molecule has 1 saturated heterocycles. The highest BCUT2D eigenvalue weighted by molar-refractivity contribution is 6.36. The van der Waals surface area contributed by atoms with E-state index in [2.05, 4.69) is 22.5 Å². The summed E-state index contributed by atoms with van der Waals surface area (Å²) in [5.41, 5.74) is 0.354. The first kappa shape index (κ1) is 27.9. The molecule has 2 aromatic heterocycles. The van der Waals surface area contributed by atoms with Gasteiger partial charge >= 0.3 is 5.97 Å². The molecular formula is C27H33Cl2FN6O3. The van der Waals surface area contributed by atoms with E-state index < -0.39 is 17.2 Å². The number of fused-ring (bicyclic) bond motifs is 1. The smallest absolute Gasteiger partial charge is 0.309 e. The minimum absolute atomic E-state index is 0.0539. The number of anilines is 3. The van der Waals surface area contributed by atoms with Gasteiger partial charge in [0.25, 0.3) is 0 Å². The summed E-state index contributed by atoms with van der Waals surface area (Å²) >= 11 is 12.3. The van der Waals surface area contributed by atoms with Crippen LogP contribution >= 0.6 is 23.2 Å². The van der Waals surface area contributed by atoms with Crippen molar-refractivity contribution in [3.8, 4) is 0 Å². The van der Waals surface area contributed by atoms with Crippen LogP contribution in [0.4, 0.5) is 22.0 Å². The van der Waals surface area contributed by atoms with Crippen LogP contribution in [0.1, 0.15) is 58.9 Å². The molecule has 1 aromatic carbocycles. The molecule has 5 atom stereocenters. The summed E-state index contributed by atoms with van der Waals surface area (Å²) in [4.78, 5) is 26.3. The monoisotopic (exact) mass is 578 g/mol. The van der Waals surface area contributed by atoms with Crippen LogP contribution in [0.5, 0.6) is 0 Å². The average Bonchev–Trinajstić information content (AvgIpc) is 3.25. The van der Waals surface area contributed by atoms with Gasteiger partial charge in [-0.25, -0.2) is 14.4 Å². The lowest BCUT2D eigenvalue weighted by atomic mass is 9.65. The summed E-state index contributed by atoms with van der Waals surface area (Å²) < 4.78 is 22.4. The number of halogens is 3. The largest absolute Gasteiger partial charge is 0.481 e. The minimum Gasteiger partial charge on any atom is -0.481 e. The van der Waals surface area contributed by atoms with Gasteiger partial charge in [0, 0.05) is 23.7 Å². The van der Waals surface area contributed by atoms with Gasteiger partial charge in [0.15, 0.2) is 5.65 Å². The molecule has 2 aliphatic rings. The highest BCUT2D eigenvalue weighted by atomic mass is 35.5. The van der Waals surface area contributed by atoms with E-state index in [-0.39, 0.29) is 33.7 Å². The van der Waals surface area contributed by atoms with Gasteiger partial charge < -0.3 is 20.5 Å². The van der Waals surface area contributed by atoms with Gasteiger partial charge in [0.1, 0.15) is 11.3 Å². The number of hydrogen-bond donors (Lipinski definition) is 3. The van der Waals surface area contributed by atoms with E-state index in [0.717, 1.165) is 12.8 Å². The highest BCUT2D eigenvalue weighted by Gasteiger charge is 2.45. The highest BCUT2D eigenvalue weighted by Crippen LogP contribution is 2.48. The third-order valence-corrected chi connectivity index (χ3v) is 8.95. The number of carboxylic acids is 1. The summed E-state index contributed by atoms with van der Waals surface area (Å²) in [6, 6.07) is 2.70. The van der Waals surface area contributed by atoms with Crippen LogP contribution in [-0.4, -0.2) is 49.9 Å². The molecule has 9 nitrogen and oxygen atoms in total. The SMILES string of the molecule is CCC1C[C@@H](n2c(Nc3c(F)cc(Cl)cc3Cl)nc3cnc(N[C@@H]4CCOC[C@H]4C)nc32)CC[C@]1(C)C(=O)O. The summed E-state index contributed by atoms with van der Waals surface area (Å²) in [6.07, 6.45) is 4.92. The second-order valence-electron chi connectivity index (χ2n) is 10.9. The molecule has 0 bridgehead atoms. The van der Waals surface area contributed by atoms with Crippen LogP contribution in [0.25, 0.3) is 11.2 Å². The van der Waals surface area contributed by atoms with Crippen LogP contribution in [0.3, 0.4) is 0 Å². The van der Waals surface area contributed by atoms with Crippen molar-refractivity contribution < 1.29 is 19.0 Å². The molecule has 3 aromatic rings. The molecule has 1 aliphatic heterocycles. The minimum atomic E-state index is -0.818. The number of imidazole rings is 1. The first-order valence-corrected chi connectivity index (χ1v) is 14.1. The zero-order valence-corrected chi connectivity index (χ0v) is 23.7. The van der Waals surface area contributed by atoms with Crippen molar-refractivity contribution in [2.75, 3.05) is 23.8 Å². The molecule has 1 aliphatic carbocycles. The zero-order valence-electron chi connectivity index (χ0n) is 22.2. The normalized spacial score (nSPS) is 27.4. The molecule has 39 heavy (non-hydrogen) atoms. The number of rotatable bonds is 7. The number of carbonyl (C=O) groups is 1. The number of nitrogens with zero attached hydrogens (tertiary/aromatic N) is 4. The molecule has 2 fully saturated rings. The Labute approximate surface area is 236 Å². The second-order valence-corrected chi connectivity index (χ2v) is 11.8. The second kappa shape index (κ2) is 11.1. The predicted octanol–water partition coefficient (Wildman–Crippen LogP) is 6.69. The number of aliphatic carboxylic acids is 1. The van der Waals surface area contributed by atoms with Crippen LogP contribution in [0, 0.1) is 23.1 Å². The van der Waals surface area contributed by atoms with Gasteiger partial charge in [0.05, 0.1) is 28.9 Å². The maximum atomic E-state index is 14.9. The van der Waals surface area contributed by atoms with Gasteiger partial charge in [-0.2, -0.15) is 4.98 Å². The predicted molar refractivity (Wildman–Crippen MR) is 149 cm³/mol. The van der Waals surface area contributed by atoms with Crippen LogP contribution in [0.2, 0.25) is 10.0 Å². The molecule has 0 spiro atoms. The van der Waals surface area contributed by atoms with Crippen molar-refractivity contribution in [2.24, 2.45) is 17.3 Å². The molecule has 3 heterocycles. The van der Waals surface area contributed by atoms with Crippen molar-refractivity contribution in [3.05, 3.63) is 34.2 Å². The fourth-order valence-corrected chi connectivity index (χ4v) is 6.45. The first-order valence-electron chi connectivity index (χ1n) is 13.3. The van der Waals surface area contributed by atoms with E-state index in [1.807, 2.05) is 18.4 Å². The van der Waals surface area contributed by atoms with Crippen molar-refractivity contribution in [2.45, 2.75) is 65.0 Å². The number of aromatic nitrogens is 4. The summed E-state index contributed by atoms with van der Waals surface area (Å²) in [5.74, 6) is -0.316. The Morgan fingerprint density at radius 3 is 2.79 bits per heavy atom. The van der Waals surface area contributed by atoms with Gasteiger partial charge in [-0.1, -0.05) is 43.5 Å². The molecule has 0 radical (unpaired) electrons. The van der Waals surface area contributed by atoms with E-state index in [4.69, 9.17) is 37.9 Å². The lowest BCUT2D eigenvalue weighted by molar-refractivity contribution is -0.154. The van der Waals surface area contributed by atoms with E-state index in [1.54, 1.807) is 6.20 Å². The molecular weight excluding hydrogens is 546 g/mol. The summed E-state index contributed by atoms with van der Waals surface area (Å²) in [6.45, 7) is 7.31. The molecule has 5 rings (SSSR count). The Morgan fingerprint density at radius 2 is 2.10 bits per heavy atom. The van der Waals surface area contributed by atoms with Crippen molar-refractivity contribution in [1.29, 1.82) is 0 Å². The fourth-order valence-electron chi connectivity index (χ4n) is 5.94. The Balaban J connectivity index is 1.57. The van der Waals surface area contributed by atoms with Crippen molar-refractivity contribution in [1.82, 2.24) is 19.5 Å². The third-order valence-electron chi connectivity index (χ3n) is 8.43. The number of hydrogen-bond acceptors (Lipinski definition) is 7. The van der Waals surface area contributed by atoms with E-state index in [1.165, 1.54) is 12.1 Å². The fraction of sp³-hybridized carbons (Fsp3) is 0.556. The number of ether oxygens (including phenoxy) is 1. The Morgan fingerprint density at radius 1 is 1.31 bits per heavy atom. The number of nitrogens with one attached hydrogen (secondary N) is 2. The number of carboxylic acid groups (broad SMARTS) is 1. The van der Waals surface area contributed by atoms with Gasteiger partial charge in [-0.3, -0.25) is 9.36 Å². The molecule has 12 heteroatoms. The van der Waals surface area contributed by atoms with Crippen molar-refractivity contribution >= 4 is 57.9 Å². The zero-order chi connectivity index (χ0) is 27.9. The molecule has 0 amide bonds. The summed E-state index contributed by atoms with van der Waals surface area (Å²) in [5, 5.41) is 16.8. The number of benzene rings is 1. The average molecular weight is 580 g/mol. The van der Waals surface area contributed by atoms with Crippen LogP contribution in [0.15, 0.2) is 18.3 Å². The first-order chi connectivity index (χ1) is 18.6. The topological polar surface area (TPSA) is 114 Å². The Hall–Kier alpha value is -2.69. The maximum absolute atomic E-state index is 14.9. The standard InChI is InChI=1S/C27H33Cl2FN6O3/c1-4-15-9-17(5-7-27(15,3)24(37)38)36-23-21(12-31-25(35-23)32-20-6-8-39-13-14(20)2)33-26(36)34-22-18(29)10-16(28)11-19(22)30/h10-12,14-15,17,20H,4-9,13H2,1-3H3,(H,33,34)(H,37,38)(H,31,32,35)/t14-,15?,17+,20-,27+/m1/s1. The molecule has 1 unspecified atom stereocenters. The van der Waals surface area contributed by atoms with Gasteiger partial charge in [-0.15, -0.1) is 0 Å². The Bertz CT molecular complexity index is 1360. The quantitative estimate of drug-likeness (QED) is 0.284. The van der Waals surface area contributed by atoms with E-state index >= 15 is 0 Å². The van der Waals surface area contributed by atoms with Gasteiger partial charge in [0.2, 0.25) is 11.9 Å². The molecule has 1 saturated carbocycles. The third kappa shape index (κ3) is 5.38. The molecule has 3 N–H and O–H groups in total. The summed E-state index contributed by atoms with van der Waals surface area (Å²) in [7, 11) is 0. The maximum Gasteiger partial charge on any atom is 0.309 e. The lowest BCUT2D eigenvalue weighted by Crippen LogP contribution is -2.41. The van der Waals surface area contributed by atoms with Crippen molar-refractivity contribution in [3.63, 3.8) is 0 Å². The Kier molecular flexibility index (Phi) is 7.90. The van der Waals surface area contributed by atoms with E-state index in [9.17, 15) is 14.3 Å².